The van der Waals surface area contributed by atoms with Gasteiger partial charge in [0.25, 0.3) is 10.0 Å². The first-order chi connectivity index (χ1) is 18.7. The second-order valence-electron chi connectivity index (χ2n) is 10.9. The van der Waals surface area contributed by atoms with Crippen LogP contribution in [0.15, 0.2) is 77.7 Å². The van der Waals surface area contributed by atoms with E-state index in [9.17, 15) is 18.0 Å². The summed E-state index contributed by atoms with van der Waals surface area (Å²) in [5.41, 5.74) is 2.39. The molecule has 0 spiro atoms. The largest absolute Gasteiger partial charge is 0.350 e. The number of hydrogen-bond acceptors (Lipinski definition) is 4. The quantitative estimate of drug-likeness (QED) is 0.323. The summed E-state index contributed by atoms with van der Waals surface area (Å²) in [7, 11) is -4.12. The van der Waals surface area contributed by atoms with Crippen molar-refractivity contribution in [3.05, 3.63) is 94.5 Å². The van der Waals surface area contributed by atoms with Crippen molar-refractivity contribution >= 4 is 39.1 Å². The maximum absolute atomic E-state index is 14.1. The highest BCUT2D eigenvalue weighted by molar-refractivity contribution is 7.92. The Balaban J connectivity index is 2.10. The molecule has 0 aliphatic carbocycles. The lowest BCUT2D eigenvalue weighted by Gasteiger charge is -2.35. The highest BCUT2D eigenvalue weighted by Crippen LogP contribution is 2.27. The number of hydrogen-bond donors (Lipinski definition) is 1. The number of nitrogens with one attached hydrogen (secondary N) is 1. The third-order valence-corrected chi connectivity index (χ3v) is 8.73. The van der Waals surface area contributed by atoms with E-state index in [1.807, 2.05) is 47.6 Å². The van der Waals surface area contributed by atoms with Gasteiger partial charge in [0, 0.05) is 17.1 Å². The van der Waals surface area contributed by atoms with Gasteiger partial charge in [-0.15, -0.1) is 0 Å². The molecule has 214 valence electrons. The number of benzene rings is 3. The Kier molecular flexibility index (Phi) is 10.0. The zero-order chi connectivity index (χ0) is 29.7. The molecule has 1 atom stereocenters. The second kappa shape index (κ2) is 12.9. The van der Waals surface area contributed by atoms with Crippen LogP contribution in [0.4, 0.5) is 5.69 Å². The highest BCUT2D eigenvalue weighted by atomic mass is 35.5. The van der Waals surface area contributed by atoms with E-state index in [1.165, 1.54) is 17.0 Å². The van der Waals surface area contributed by atoms with E-state index in [0.717, 1.165) is 15.4 Å². The van der Waals surface area contributed by atoms with Gasteiger partial charge in [-0.2, -0.15) is 0 Å². The van der Waals surface area contributed by atoms with Crippen LogP contribution in [0.1, 0.15) is 50.8 Å². The molecule has 0 aliphatic heterocycles. The number of anilines is 1. The zero-order valence-corrected chi connectivity index (χ0v) is 25.5. The van der Waals surface area contributed by atoms with Crippen LogP contribution in [0.25, 0.3) is 0 Å². The van der Waals surface area contributed by atoms with Gasteiger partial charge in [0.15, 0.2) is 0 Å². The molecule has 3 aromatic rings. The Morgan fingerprint density at radius 2 is 1.55 bits per heavy atom. The number of halogens is 1. The van der Waals surface area contributed by atoms with Crippen molar-refractivity contribution in [3.63, 3.8) is 0 Å². The molecule has 0 heterocycles. The third-order valence-electron chi connectivity index (χ3n) is 6.57. The molecule has 3 rings (SSSR count). The van der Waals surface area contributed by atoms with Crippen molar-refractivity contribution in [2.45, 2.75) is 71.0 Å². The van der Waals surface area contributed by atoms with Gasteiger partial charge in [0.1, 0.15) is 12.6 Å². The van der Waals surface area contributed by atoms with Crippen molar-refractivity contribution in [2.24, 2.45) is 0 Å². The molecule has 0 bridgehead atoms. The van der Waals surface area contributed by atoms with E-state index >= 15 is 0 Å². The molecule has 0 fully saturated rings. The standard InChI is InChI=1S/C31H38ClN3O4S/c1-7-28(30(37)33-31(4,5)6)34(20-24-13-11-12-16-27(24)32)29(36)21-35(25-18-17-22(2)23(3)19-25)40(38,39)26-14-9-8-10-15-26/h8-19,28H,7,20-21H2,1-6H3,(H,33,37). The summed E-state index contributed by atoms with van der Waals surface area (Å²) < 4.78 is 28.9. The van der Waals surface area contributed by atoms with Gasteiger partial charge in [-0.05, 0) is 88.1 Å². The van der Waals surface area contributed by atoms with E-state index in [1.54, 1.807) is 54.6 Å². The van der Waals surface area contributed by atoms with Crippen molar-refractivity contribution < 1.29 is 18.0 Å². The van der Waals surface area contributed by atoms with E-state index in [0.29, 0.717) is 22.7 Å². The molecule has 0 aromatic heterocycles. The maximum atomic E-state index is 14.1. The molecule has 2 amide bonds. The van der Waals surface area contributed by atoms with Gasteiger partial charge in [-0.3, -0.25) is 13.9 Å². The molecule has 0 saturated carbocycles. The van der Waals surface area contributed by atoms with Crippen molar-refractivity contribution in [1.82, 2.24) is 10.2 Å². The number of carbonyl (C=O) groups excluding carboxylic acids is 2. The monoisotopic (exact) mass is 583 g/mol. The SMILES string of the molecule is CCC(C(=O)NC(C)(C)C)N(Cc1ccccc1Cl)C(=O)CN(c1ccc(C)c(C)c1)S(=O)(=O)c1ccccc1. The summed E-state index contributed by atoms with van der Waals surface area (Å²) >= 11 is 6.45. The number of rotatable bonds is 10. The summed E-state index contributed by atoms with van der Waals surface area (Å²) in [6.07, 6.45) is 0.327. The fourth-order valence-electron chi connectivity index (χ4n) is 4.31. The van der Waals surface area contributed by atoms with E-state index in [4.69, 9.17) is 11.6 Å². The lowest BCUT2D eigenvalue weighted by molar-refractivity contribution is -0.141. The van der Waals surface area contributed by atoms with Crippen LogP contribution in [-0.2, 0) is 26.2 Å². The van der Waals surface area contributed by atoms with Gasteiger partial charge in [0.2, 0.25) is 11.8 Å². The van der Waals surface area contributed by atoms with Crippen LogP contribution in [0.2, 0.25) is 5.02 Å². The molecule has 40 heavy (non-hydrogen) atoms. The average molecular weight is 584 g/mol. The van der Waals surface area contributed by atoms with Crippen LogP contribution in [0.5, 0.6) is 0 Å². The normalized spacial score (nSPS) is 12.5. The molecule has 9 heteroatoms. The topological polar surface area (TPSA) is 86.8 Å². The number of carbonyl (C=O) groups is 2. The predicted molar refractivity (Wildman–Crippen MR) is 161 cm³/mol. The first kappa shape index (κ1) is 31.2. The fraction of sp³-hybridized carbons (Fsp3) is 0.355. The van der Waals surface area contributed by atoms with E-state index in [-0.39, 0.29) is 17.3 Å². The lowest BCUT2D eigenvalue weighted by Crippen LogP contribution is -2.55. The summed E-state index contributed by atoms with van der Waals surface area (Å²) in [4.78, 5) is 29.0. The Morgan fingerprint density at radius 3 is 2.12 bits per heavy atom. The molecule has 0 aliphatic rings. The predicted octanol–water partition coefficient (Wildman–Crippen LogP) is 5.87. The Morgan fingerprint density at radius 1 is 0.925 bits per heavy atom. The number of aryl methyl sites for hydroxylation is 2. The molecule has 7 nitrogen and oxygen atoms in total. The molecule has 1 N–H and O–H groups in total. The number of sulfonamides is 1. The average Bonchev–Trinajstić information content (AvgIpc) is 2.89. The fourth-order valence-corrected chi connectivity index (χ4v) is 5.93. The van der Waals surface area contributed by atoms with Crippen LogP contribution in [-0.4, -0.2) is 43.3 Å². The van der Waals surface area contributed by atoms with Gasteiger partial charge in [-0.1, -0.05) is 61.0 Å². The van der Waals surface area contributed by atoms with Gasteiger partial charge in [-0.25, -0.2) is 8.42 Å². The minimum absolute atomic E-state index is 0.0424. The molecule has 3 aromatic carbocycles. The van der Waals surface area contributed by atoms with Crippen LogP contribution < -0.4 is 9.62 Å². The summed E-state index contributed by atoms with van der Waals surface area (Å²) in [5, 5.41) is 3.42. The van der Waals surface area contributed by atoms with Crippen LogP contribution >= 0.6 is 11.6 Å². The maximum Gasteiger partial charge on any atom is 0.264 e. The molecular weight excluding hydrogens is 546 g/mol. The van der Waals surface area contributed by atoms with E-state index in [2.05, 4.69) is 5.32 Å². The van der Waals surface area contributed by atoms with Gasteiger partial charge in [0.05, 0.1) is 10.6 Å². The van der Waals surface area contributed by atoms with Crippen molar-refractivity contribution in [3.8, 4) is 0 Å². The Bertz CT molecular complexity index is 1450. The first-order valence-electron chi connectivity index (χ1n) is 13.2. The Hall–Kier alpha value is -3.36. The third kappa shape index (κ3) is 7.64. The lowest BCUT2D eigenvalue weighted by atomic mass is 10.1. The number of amides is 2. The second-order valence-corrected chi connectivity index (χ2v) is 13.1. The molecule has 0 radical (unpaired) electrons. The molecule has 1 unspecified atom stereocenters. The minimum Gasteiger partial charge on any atom is -0.350 e. The summed E-state index contributed by atoms with van der Waals surface area (Å²) in [5.74, 6) is -0.840. The van der Waals surface area contributed by atoms with E-state index < -0.39 is 34.1 Å². The summed E-state index contributed by atoms with van der Waals surface area (Å²) in [6, 6.07) is 19.6. The zero-order valence-electron chi connectivity index (χ0n) is 23.9. The van der Waals surface area contributed by atoms with Gasteiger partial charge >= 0.3 is 0 Å². The highest BCUT2D eigenvalue weighted by Gasteiger charge is 2.34. The minimum atomic E-state index is -4.12. The van der Waals surface area contributed by atoms with Crippen molar-refractivity contribution in [1.29, 1.82) is 0 Å². The Labute approximate surface area is 243 Å². The smallest absolute Gasteiger partial charge is 0.264 e. The molecular formula is C31H38ClN3O4S. The van der Waals surface area contributed by atoms with Gasteiger partial charge < -0.3 is 10.2 Å². The summed E-state index contributed by atoms with van der Waals surface area (Å²) in [6.45, 7) is 10.8. The molecule has 0 saturated heterocycles. The first-order valence-corrected chi connectivity index (χ1v) is 15.1. The van der Waals surface area contributed by atoms with Crippen LogP contribution in [0.3, 0.4) is 0 Å². The van der Waals surface area contributed by atoms with Crippen molar-refractivity contribution in [2.75, 3.05) is 10.8 Å². The van der Waals surface area contributed by atoms with Crippen LogP contribution in [0, 0.1) is 13.8 Å². The number of nitrogens with zero attached hydrogens (tertiary/aromatic N) is 2.